The van der Waals surface area contributed by atoms with Gasteiger partial charge in [0.15, 0.2) is 0 Å². The fourth-order valence-corrected chi connectivity index (χ4v) is 4.52. The largest absolute Gasteiger partial charge is 0.416 e. The number of benzene rings is 1. The summed E-state index contributed by atoms with van der Waals surface area (Å²) in [4.78, 5) is 18.4. The molecule has 1 saturated carbocycles. The van der Waals surface area contributed by atoms with Gasteiger partial charge < -0.3 is 16.8 Å². The summed E-state index contributed by atoms with van der Waals surface area (Å²) >= 11 is 0. The lowest BCUT2D eigenvalue weighted by Gasteiger charge is -2.54. The molecule has 2 fully saturated rings. The van der Waals surface area contributed by atoms with E-state index in [0.717, 1.165) is 56.5 Å². The summed E-state index contributed by atoms with van der Waals surface area (Å²) in [5.41, 5.74) is 10.8. The van der Waals surface area contributed by atoms with E-state index in [1.54, 1.807) is 0 Å². The number of likely N-dealkylation sites (tertiary alicyclic amines) is 1. The number of nitrogens with two attached hydrogens (primary N) is 2. The SMILES string of the molecule is CC1(C)CCN1[C@H]1CC[C@H](N/C=C(/C(N)=O)C(N)=Nc2ccc(C(F)(F)F)cc2)[C@@H](C#N)C1. The number of nitriles is 1. The molecule has 0 spiro atoms. The van der Waals surface area contributed by atoms with Crippen LogP contribution >= 0.6 is 0 Å². The Bertz CT molecular complexity index is 977. The molecule has 3 atom stereocenters. The minimum atomic E-state index is -4.46. The molecule has 10 heteroatoms. The van der Waals surface area contributed by atoms with Crippen molar-refractivity contribution in [2.75, 3.05) is 6.54 Å². The van der Waals surface area contributed by atoms with Gasteiger partial charge in [0.25, 0.3) is 5.91 Å². The molecule has 2 aliphatic rings. The first kappa shape index (κ1) is 24.6. The number of hydrogen-bond donors (Lipinski definition) is 3. The van der Waals surface area contributed by atoms with Crippen LogP contribution in [0.3, 0.4) is 0 Å². The van der Waals surface area contributed by atoms with E-state index in [0.29, 0.717) is 6.04 Å². The van der Waals surface area contributed by atoms with Crippen molar-refractivity contribution in [2.24, 2.45) is 22.4 Å². The van der Waals surface area contributed by atoms with Gasteiger partial charge in [0.1, 0.15) is 5.84 Å². The second-order valence-corrected chi connectivity index (χ2v) is 9.20. The number of amidine groups is 1. The highest BCUT2D eigenvalue weighted by atomic mass is 19.4. The number of amides is 1. The summed E-state index contributed by atoms with van der Waals surface area (Å²) in [5.74, 6) is -1.31. The van der Waals surface area contributed by atoms with E-state index in [9.17, 15) is 23.2 Å². The first-order valence-electron chi connectivity index (χ1n) is 10.9. The van der Waals surface area contributed by atoms with Crippen LogP contribution in [0.1, 0.15) is 45.1 Å². The van der Waals surface area contributed by atoms with Crippen molar-refractivity contribution >= 4 is 17.4 Å². The minimum absolute atomic E-state index is 0.0995. The summed E-state index contributed by atoms with van der Waals surface area (Å²) in [6.45, 7) is 5.46. The van der Waals surface area contributed by atoms with Crippen molar-refractivity contribution in [1.29, 1.82) is 5.26 Å². The van der Waals surface area contributed by atoms with Gasteiger partial charge in [0.2, 0.25) is 0 Å². The van der Waals surface area contributed by atoms with Gasteiger partial charge in [-0.2, -0.15) is 18.4 Å². The van der Waals surface area contributed by atoms with E-state index >= 15 is 0 Å². The van der Waals surface area contributed by atoms with E-state index in [1.807, 2.05) is 0 Å². The lowest BCUT2D eigenvalue weighted by Crippen LogP contribution is -2.61. The first-order valence-corrected chi connectivity index (χ1v) is 10.9. The Kier molecular flexibility index (Phi) is 7.03. The molecule has 7 nitrogen and oxygen atoms in total. The molecule has 0 aromatic heterocycles. The lowest BCUT2D eigenvalue weighted by atomic mass is 9.77. The fourth-order valence-electron chi connectivity index (χ4n) is 4.52. The molecule has 0 bridgehead atoms. The fraction of sp³-hybridized carbons (Fsp3) is 0.522. The molecule has 1 saturated heterocycles. The molecule has 3 rings (SSSR count). The maximum atomic E-state index is 12.7. The Hall–Kier alpha value is -3.06. The second kappa shape index (κ2) is 9.43. The van der Waals surface area contributed by atoms with Gasteiger partial charge in [0, 0.05) is 30.4 Å². The molecule has 1 heterocycles. The monoisotopic (exact) mass is 462 g/mol. The third-order valence-corrected chi connectivity index (χ3v) is 6.60. The Morgan fingerprint density at radius 2 is 1.94 bits per heavy atom. The van der Waals surface area contributed by atoms with Crippen molar-refractivity contribution in [3.63, 3.8) is 0 Å². The van der Waals surface area contributed by atoms with Crippen LogP contribution in [-0.4, -0.2) is 40.8 Å². The number of nitrogens with one attached hydrogen (secondary N) is 1. The van der Waals surface area contributed by atoms with Crippen molar-refractivity contribution in [3.8, 4) is 6.07 Å². The number of carbonyl (C=O) groups is 1. The van der Waals surface area contributed by atoms with E-state index in [4.69, 9.17) is 11.5 Å². The highest BCUT2D eigenvalue weighted by Gasteiger charge is 2.43. The molecule has 0 unspecified atom stereocenters. The predicted octanol–water partition coefficient (Wildman–Crippen LogP) is 3.20. The smallest absolute Gasteiger partial charge is 0.386 e. The van der Waals surface area contributed by atoms with E-state index in [-0.39, 0.29) is 34.6 Å². The third-order valence-electron chi connectivity index (χ3n) is 6.60. The minimum Gasteiger partial charge on any atom is -0.386 e. The standard InChI is InChI=1S/C23H29F3N6O/c1-22(2)9-10-32(22)17-7-8-19(14(11-17)12-27)30-13-18(21(29)33)20(28)31-16-5-3-15(4-6-16)23(24,25)26/h3-6,13-14,17,19,30H,7-11H2,1-2H3,(H2,28,31)(H2,29,33)/b18-13+/t14-,17+,19+/m1/s1. The van der Waals surface area contributed by atoms with Gasteiger partial charge in [-0.05, 0) is 63.8 Å². The van der Waals surface area contributed by atoms with Crippen LogP contribution in [0, 0.1) is 17.2 Å². The van der Waals surface area contributed by atoms with Gasteiger partial charge >= 0.3 is 6.18 Å². The number of nitrogens with zero attached hydrogens (tertiary/aromatic N) is 3. The number of primary amides is 1. The van der Waals surface area contributed by atoms with Crippen LogP contribution in [0.25, 0.3) is 0 Å². The molecule has 5 N–H and O–H groups in total. The zero-order chi connectivity index (χ0) is 24.4. The molecule has 0 radical (unpaired) electrons. The van der Waals surface area contributed by atoms with Gasteiger partial charge in [0.05, 0.1) is 28.8 Å². The van der Waals surface area contributed by atoms with Crippen LogP contribution in [-0.2, 0) is 11.0 Å². The average Bonchev–Trinajstić information content (AvgIpc) is 2.73. The molecule has 1 aliphatic carbocycles. The Balaban J connectivity index is 1.70. The number of aliphatic imine (C=N–C) groups is 1. The number of halogens is 3. The Morgan fingerprint density at radius 3 is 2.42 bits per heavy atom. The van der Waals surface area contributed by atoms with Crippen molar-refractivity contribution in [3.05, 3.63) is 41.6 Å². The van der Waals surface area contributed by atoms with Crippen LogP contribution in [0.4, 0.5) is 18.9 Å². The first-order chi connectivity index (χ1) is 15.4. The Morgan fingerprint density at radius 1 is 1.27 bits per heavy atom. The quantitative estimate of drug-likeness (QED) is 0.341. The summed E-state index contributed by atoms with van der Waals surface area (Å²) in [5, 5.41) is 12.8. The van der Waals surface area contributed by atoms with Gasteiger partial charge in [-0.3, -0.25) is 9.69 Å². The summed E-state index contributed by atoms with van der Waals surface area (Å²) < 4.78 is 38.2. The maximum Gasteiger partial charge on any atom is 0.416 e. The molecule has 1 aliphatic heterocycles. The van der Waals surface area contributed by atoms with Gasteiger partial charge in [-0.15, -0.1) is 0 Å². The average molecular weight is 463 g/mol. The van der Waals surface area contributed by atoms with Gasteiger partial charge in [-0.25, -0.2) is 4.99 Å². The lowest BCUT2D eigenvalue weighted by molar-refractivity contribution is -0.137. The van der Waals surface area contributed by atoms with Gasteiger partial charge in [-0.1, -0.05) is 0 Å². The normalized spacial score (nSPS) is 26.2. The van der Waals surface area contributed by atoms with E-state index in [2.05, 4.69) is 35.1 Å². The van der Waals surface area contributed by atoms with Crippen LogP contribution < -0.4 is 16.8 Å². The number of rotatable bonds is 6. The summed E-state index contributed by atoms with van der Waals surface area (Å²) in [6.07, 6.45) is 0.436. The molecule has 1 aromatic rings. The molecule has 1 aromatic carbocycles. The van der Waals surface area contributed by atoms with Crippen LogP contribution in [0.2, 0.25) is 0 Å². The zero-order valence-corrected chi connectivity index (χ0v) is 18.7. The summed E-state index contributed by atoms with van der Waals surface area (Å²) in [6, 6.07) is 6.62. The highest BCUT2D eigenvalue weighted by molar-refractivity contribution is 6.20. The number of alkyl halides is 3. The highest BCUT2D eigenvalue weighted by Crippen LogP contribution is 2.38. The second-order valence-electron chi connectivity index (χ2n) is 9.20. The Labute approximate surface area is 191 Å². The zero-order valence-electron chi connectivity index (χ0n) is 18.7. The summed E-state index contributed by atoms with van der Waals surface area (Å²) in [7, 11) is 0. The molecule has 178 valence electrons. The topological polar surface area (TPSA) is 121 Å². The molecule has 1 amide bonds. The third kappa shape index (κ3) is 5.66. The van der Waals surface area contributed by atoms with Crippen molar-refractivity contribution in [2.45, 2.75) is 63.3 Å². The maximum absolute atomic E-state index is 12.7. The van der Waals surface area contributed by atoms with Crippen molar-refractivity contribution in [1.82, 2.24) is 10.2 Å². The molecule has 33 heavy (non-hydrogen) atoms. The molecular weight excluding hydrogens is 433 g/mol. The van der Waals surface area contributed by atoms with Crippen molar-refractivity contribution < 1.29 is 18.0 Å². The molecular formula is C23H29F3N6O. The van der Waals surface area contributed by atoms with Crippen LogP contribution in [0.15, 0.2) is 41.0 Å². The van der Waals surface area contributed by atoms with E-state index in [1.165, 1.54) is 6.20 Å². The number of carbonyl (C=O) groups excluding carboxylic acids is 1. The number of hydrogen-bond acceptors (Lipinski definition) is 5. The van der Waals surface area contributed by atoms with E-state index < -0.39 is 17.6 Å². The predicted molar refractivity (Wildman–Crippen MR) is 119 cm³/mol. The van der Waals surface area contributed by atoms with Crippen LogP contribution in [0.5, 0.6) is 0 Å².